The lowest BCUT2D eigenvalue weighted by Gasteiger charge is -2.57. The van der Waals surface area contributed by atoms with Crippen molar-refractivity contribution in [3.63, 3.8) is 0 Å². The zero-order chi connectivity index (χ0) is 19.3. The summed E-state index contributed by atoms with van der Waals surface area (Å²) in [7, 11) is 7.43. The summed E-state index contributed by atoms with van der Waals surface area (Å²) in [5.74, 6) is -0.298. The van der Waals surface area contributed by atoms with Gasteiger partial charge in [0.25, 0.3) is 0 Å². The highest BCUT2D eigenvalue weighted by Crippen LogP contribution is 2.40. The van der Waals surface area contributed by atoms with Crippen LogP contribution in [0.1, 0.15) is 20.3 Å². The quantitative estimate of drug-likeness (QED) is 0.326. The van der Waals surface area contributed by atoms with Crippen LogP contribution in [0.15, 0.2) is 0 Å². The van der Waals surface area contributed by atoms with Gasteiger partial charge in [-0.25, -0.2) is 4.90 Å². The normalized spacial score (nSPS) is 28.4. The summed E-state index contributed by atoms with van der Waals surface area (Å²) >= 11 is 0. The molecule has 1 aliphatic rings. The highest BCUT2D eigenvalue weighted by molar-refractivity contribution is 6.76. The smallest absolute Gasteiger partial charge is 0.163 e. The van der Waals surface area contributed by atoms with Gasteiger partial charge in [0.15, 0.2) is 5.79 Å². The summed E-state index contributed by atoms with van der Waals surface area (Å²) < 4.78 is 6.16. The Hall–Kier alpha value is -0.0231. The van der Waals surface area contributed by atoms with Gasteiger partial charge in [0.2, 0.25) is 0 Å². The Morgan fingerprint density at radius 2 is 1.68 bits per heavy atom. The van der Waals surface area contributed by atoms with E-state index in [1.807, 2.05) is 0 Å². The molecule has 1 saturated heterocycles. The molecule has 7 heteroatoms. The average Bonchev–Trinajstić information content (AvgIpc) is 2.87. The molecule has 150 valence electrons. The molecule has 25 heavy (non-hydrogen) atoms. The van der Waals surface area contributed by atoms with E-state index in [2.05, 4.69) is 87.0 Å². The lowest BCUT2D eigenvalue weighted by atomic mass is 9.97. The predicted octanol–water partition coefficient (Wildman–Crippen LogP) is 1.70. The fourth-order valence-corrected chi connectivity index (χ4v) is 5.09. The first-order valence-electron chi connectivity index (χ1n) is 9.78. The van der Waals surface area contributed by atoms with Crippen LogP contribution in [-0.4, -0.2) is 95.4 Å². The maximum Gasteiger partial charge on any atom is 0.163 e. The van der Waals surface area contributed by atoms with Crippen molar-refractivity contribution in [3.8, 4) is 0 Å². The van der Waals surface area contributed by atoms with E-state index in [4.69, 9.17) is 4.74 Å². The van der Waals surface area contributed by atoms with Crippen molar-refractivity contribution >= 4 is 8.07 Å². The zero-order valence-corrected chi connectivity index (χ0v) is 19.2. The third-order valence-electron chi connectivity index (χ3n) is 5.77. The number of hydrogen-bond acceptors (Lipinski definition) is 6. The standard InChI is InChI=1S/C18H43N5OSi/c1-10-22(11-2)18(20-4)17(19-3,21(5)6)12-13-23(18)16-24-14-15-25(7,8)9/h19-20H,10-16H2,1-9H3. The summed E-state index contributed by atoms with van der Waals surface area (Å²) in [5, 5.41) is 7.33. The summed E-state index contributed by atoms with van der Waals surface area (Å²) in [4.78, 5) is 7.31. The maximum absolute atomic E-state index is 6.16. The Morgan fingerprint density at radius 1 is 1.08 bits per heavy atom. The molecule has 2 N–H and O–H groups in total. The van der Waals surface area contributed by atoms with Crippen molar-refractivity contribution in [2.75, 3.05) is 61.2 Å². The molecule has 0 radical (unpaired) electrons. The zero-order valence-electron chi connectivity index (χ0n) is 18.2. The van der Waals surface area contributed by atoms with Crippen LogP contribution in [0, 0.1) is 0 Å². The maximum atomic E-state index is 6.16. The van der Waals surface area contributed by atoms with Gasteiger partial charge < -0.3 is 4.74 Å². The first-order valence-corrected chi connectivity index (χ1v) is 13.5. The second-order valence-electron chi connectivity index (χ2n) is 8.46. The molecular formula is C18H43N5OSi. The van der Waals surface area contributed by atoms with E-state index < -0.39 is 8.07 Å². The molecule has 0 aromatic rings. The molecule has 1 aliphatic heterocycles. The van der Waals surface area contributed by atoms with Crippen LogP contribution in [0.2, 0.25) is 25.7 Å². The third-order valence-corrected chi connectivity index (χ3v) is 7.47. The topological polar surface area (TPSA) is 43.0 Å². The van der Waals surface area contributed by atoms with E-state index in [-0.39, 0.29) is 11.4 Å². The predicted molar refractivity (Wildman–Crippen MR) is 110 cm³/mol. The molecular weight excluding hydrogens is 330 g/mol. The van der Waals surface area contributed by atoms with E-state index in [1.54, 1.807) is 0 Å². The number of nitrogens with one attached hydrogen (secondary N) is 2. The van der Waals surface area contributed by atoms with Gasteiger partial charge in [-0.15, -0.1) is 0 Å². The summed E-state index contributed by atoms with van der Waals surface area (Å²) in [5.41, 5.74) is -0.171. The lowest BCUT2D eigenvalue weighted by Crippen LogP contribution is -2.81. The number of likely N-dealkylation sites (N-methyl/N-ethyl adjacent to an activating group) is 4. The molecule has 0 spiro atoms. The van der Waals surface area contributed by atoms with Crippen molar-refractivity contribution < 1.29 is 4.74 Å². The third kappa shape index (κ3) is 4.46. The van der Waals surface area contributed by atoms with Gasteiger partial charge in [-0.3, -0.25) is 20.4 Å². The van der Waals surface area contributed by atoms with E-state index in [9.17, 15) is 0 Å². The van der Waals surface area contributed by atoms with E-state index in [0.29, 0.717) is 6.73 Å². The van der Waals surface area contributed by atoms with Gasteiger partial charge in [-0.2, -0.15) is 0 Å². The molecule has 1 fully saturated rings. The molecule has 0 aromatic carbocycles. The minimum absolute atomic E-state index is 0.171. The summed E-state index contributed by atoms with van der Waals surface area (Å²) in [6.07, 6.45) is 1.05. The monoisotopic (exact) mass is 373 g/mol. The van der Waals surface area contributed by atoms with Crippen LogP contribution < -0.4 is 10.6 Å². The molecule has 1 heterocycles. The molecule has 0 aromatic heterocycles. The lowest BCUT2D eigenvalue weighted by molar-refractivity contribution is -0.166. The van der Waals surface area contributed by atoms with Crippen LogP contribution in [-0.2, 0) is 4.74 Å². The fourth-order valence-electron chi connectivity index (χ4n) is 4.33. The highest BCUT2D eigenvalue weighted by atomic mass is 28.3. The Labute approximate surface area is 157 Å². The van der Waals surface area contributed by atoms with Gasteiger partial charge in [0.05, 0.1) is 0 Å². The number of likely N-dealkylation sites (tertiary alicyclic amines) is 1. The molecule has 0 amide bonds. The van der Waals surface area contributed by atoms with Crippen molar-refractivity contribution in [1.29, 1.82) is 0 Å². The summed E-state index contributed by atoms with van der Waals surface area (Å²) in [6, 6.07) is 1.21. The van der Waals surface area contributed by atoms with E-state index in [0.717, 1.165) is 32.7 Å². The minimum atomic E-state index is -1.06. The molecule has 2 unspecified atom stereocenters. The second-order valence-corrected chi connectivity index (χ2v) is 14.1. The first-order chi connectivity index (χ1) is 11.6. The minimum Gasteiger partial charge on any atom is -0.366 e. The SMILES string of the molecule is CCN(CC)C1(NC)N(COCC[Si](C)(C)C)CCC1(NC)N(C)C. The Morgan fingerprint density at radius 3 is 2.08 bits per heavy atom. The van der Waals surface area contributed by atoms with Crippen molar-refractivity contribution in [3.05, 3.63) is 0 Å². The second kappa shape index (κ2) is 9.26. The van der Waals surface area contributed by atoms with Crippen molar-refractivity contribution in [2.24, 2.45) is 0 Å². The van der Waals surface area contributed by atoms with E-state index >= 15 is 0 Å². The van der Waals surface area contributed by atoms with Crippen LogP contribution >= 0.6 is 0 Å². The van der Waals surface area contributed by atoms with Gasteiger partial charge >= 0.3 is 0 Å². The summed E-state index contributed by atoms with van der Waals surface area (Å²) in [6.45, 7) is 16.2. The molecule has 0 saturated carbocycles. The number of ether oxygens (including phenoxy) is 1. The first kappa shape index (κ1) is 23.0. The molecule has 1 rings (SSSR count). The highest BCUT2D eigenvalue weighted by Gasteiger charge is 2.62. The van der Waals surface area contributed by atoms with E-state index in [1.165, 1.54) is 6.04 Å². The number of hydrogen-bond donors (Lipinski definition) is 2. The molecule has 6 nitrogen and oxygen atoms in total. The largest absolute Gasteiger partial charge is 0.366 e. The Kier molecular flexibility index (Phi) is 8.52. The van der Waals surface area contributed by atoms with Crippen LogP contribution in [0.4, 0.5) is 0 Å². The Bertz CT molecular complexity index is 399. The van der Waals surface area contributed by atoms with Crippen molar-refractivity contribution in [2.45, 2.75) is 57.4 Å². The van der Waals surface area contributed by atoms with Crippen LogP contribution in [0.3, 0.4) is 0 Å². The van der Waals surface area contributed by atoms with Gasteiger partial charge in [0, 0.05) is 21.2 Å². The molecule has 2 atom stereocenters. The van der Waals surface area contributed by atoms with Gasteiger partial charge in [0.1, 0.15) is 12.4 Å². The van der Waals surface area contributed by atoms with Gasteiger partial charge in [-0.1, -0.05) is 33.5 Å². The molecule has 0 aliphatic carbocycles. The molecule has 0 bridgehead atoms. The Balaban J connectivity index is 3.07. The van der Waals surface area contributed by atoms with Gasteiger partial charge in [-0.05, 0) is 53.7 Å². The average molecular weight is 374 g/mol. The van der Waals surface area contributed by atoms with Crippen molar-refractivity contribution in [1.82, 2.24) is 25.3 Å². The van der Waals surface area contributed by atoms with Crippen LogP contribution in [0.5, 0.6) is 0 Å². The fraction of sp³-hybridized carbons (Fsp3) is 1.00. The number of rotatable bonds is 11. The van der Waals surface area contributed by atoms with Crippen LogP contribution in [0.25, 0.3) is 0 Å². The number of nitrogens with zero attached hydrogens (tertiary/aromatic N) is 3.